The van der Waals surface area contributed by atoms with E-state index >= 15 is 0 Å². The van der Waals surface area contributed by atoms with Crippen molar-refractivity contribution in [3.05, 3.63) is 52.4 Å². The van der Waals surface area contributed by atoms with Gasteiger partial charge in [0, 0.05) is 37.7 Å². The van der Waals surface area contributed by atoms with Crippen LogP contribution in [0.1, 0.15) is 40.7 Å². The molecule has 2 aromatic rings. The molecule has 0 radical (unpaired) electrons. The molecule has 2 N–H and O–H groups in total. The number of rotatable bonds is 5. The Labute approximate surface area is 190 Å². The summed E-state index contributed by atoms with van der Waals surface area (Å²) in [6.45, 7) is 2.63. The summed E-state index contributed by atoms with van der Waals surface area (Å²) in [5, 5.41) is 6.06. The summed E-state index contributed by atoms with van der Waals surface area (Å²) in [7, 11) is 0. The third-order valence-electron chi connectivity index (χ3n) is 6.38. The van der Waals surface area contributed by atoms with Crippen LogP contribution in [0.25, 0.3) is 0 Å². The fourth-order valence-corrected chi connectivity index (χ4v) is 4.90. The van der Waals surface area contributed by atoms with Crippen LogP contribution in [0.5, 0.6) is 0 Å². The Bertz CT molecular complexity index is 1090. The van der Waals surface area contributed by atoms with E-state index in [1.54, 1.807) is 17.2 Å². The van der Waals surface area contributed by atoms with E-state index in [0.29, 0.717) is 36.0 Å². The van der Waals surface area contributed by atoms with Gasteiger partial charge in [0.1, 0.15) is 17.0 Å². The van der Waals surface area contributed by atoms with Gasteiger partial charge in [-0.2, -0.15) is 0 Å². The Hall–Kier alpha value is -3.04. The monoisotopic (exact) mass is 454 g/mol. The molecule has 1 aromatic heterocycles. The van der Waals surface area contributed by atoms with Gasteiger partial charge in [0.05, 0.1) is 12.4 Å². The summed E-state index contributed by atoms with van der Waals surface area (Å²) in [6.07, 6.45) is 4.75. The number of imide groups is 1. The van der Waals surface area contributed by atoms with Crippen molar-refractivity contribution in [1.82, 2.24) is 25.5 Å². The maximum atomic E-state index is 13.1. The van der Waals surface area contributed by atoms with E-state index in [-0.39, 0.29) is 24.3 Å². The smallest absolute Gasteiger partial charge is 0.255 e. The highest BCUT2D eigenvalue weighted by atomic mass is 35.5. The number of fused-ring (bicyclic) bond motifs is 1. The first-order valence-electron chi connectivity index (χ1n) is 10.7. The third kappa shape index (κ3) is 3.82. The van der Waals surface area contributed by atoms with E-state index in [4.69, 9.17) is 11.6 Å². The molecule has 3 aliphatic heterocycles. The largest absolute Gasteiger partial charge is 0.347 e. The van der Waals surface area contributed by atoms with Crippen LogP contribution in [0.15, 0.2) is 30.6 Å². The van der Waals surface area contributed by atoms with E-state index in [1.165, 1.54) is 6.20 Å². The average molecular weight is 455 g/mol. The SMILES string of the molecule is O=C1CCC(N2Cc3c(CN(c4cncc(Cl)n4)C4CCNC4)cccc3C2=O)C(=O)N1. The maximum absolute atomic E-state index is 13.1. The minimum Gasteiger partial charge on any atom is -0.347 e. The number of benzene rings is 1. The predicted octanol–water partition coefficient (Wildman–Crippen LogP) is 1.26. The van der Waals surface area contributed by atoms with Gasteiger partial charge in [-0.1, -0.05) is 23.7 Å². The van der Waals surface area contributed by atoms with Gasteiger partial charge in [0.15, 0.2) is 0 Å². The highest BCUT2D eigenvalue weighted by Crippen LogP contribution is 2.32. The van der Waals surface area contributed by atoms with Gasteiger partial charge in [-0.05, 0) is 36.6 Å². The molecule has 3 aliphatic rings. The van der Waals surface area contributed by atoms with Crippen LogP contribution in [0.2, 0.25) is 5.15 Å². The van der Waals surface area contributed by atoms with Crippen LogP contribution in [0.4, 0.5) is 5.82 Å². The first kappa shape index (κ1) is 20.8. The highest BCUT2D eigenvalue weighted by Gasteiger charge is 2.40. The molecule has 10 heteroatoms. The number of halogens is 1. The van der Waals surface area contributed by atoms with Gasteiger partial charge in [-0.3, -0.25) is 24.7 Å². The summed E-state index contributed by atoms with van der Waals surface area (Å²) < 4.78 is 0. The molecule has 0 saturated carbocycles. The minimum absolute atomic E-state index is 0.173. The van der Waals surface area contributed by atoms with Crippen LogP contribution in [-0.4, -0.2) is 57.8 Å². The highest BCUT2D eigenvalue weighted by molar-refractivity contribution is 6.29. The average Bonchev–Trinajstić information content (AvgIpc) is 3.41. The van der Waals surface area contributed by atoms with Crippen LogP contribution in [0.3, 0.4) is 0 Å². The molecular formula is C22H23ClN6O3. The molecule has 2 fully saturated rings. The van der Waals surface area contributed by atoms with Gasteiger partial charge >= 0.3 is 0 Å². The van der Waals surface area contributed by atoms with Crippen molar-refractivity contribution in [3.8, 4) is 0 Å². The molecule has 1 aromatic carbocycles. The molecule has 3 amide bonds. The van der Waals surface area contributed by atoms with Gasteiger partial charge in [0.2, 0.25) is 11.8 Å². The van der Waals surface area contributed by atoms with Gasteiger partial charge in [-0.25, -0.2) is 4.98 Å². The quantitative estimate of drug-likeness (QED) is 0.655. The van der Waals surface area contributed by atoms with E-state index < -0.39 is 11.9 Å². The fraction of sp³-hybridized carbons (Fsp3) is 0.409. The molecule has 0 aliphatic carbocycles. The molecule has 9 nitrogen and oxygen atoms in total. The molecule has 2 atom stereocenters. The normalized spacial score (nSPS) is 22.8. The Morgan fingerprint density at radius 3 is 2.81 bits per heavy atom. The van der Waals surface area contributed by atoms with Crippen LogP contribution in [-0.2, 0) is 22.7 Å². The third-order valence-corrected chi connectivity index (χ3v) is 6.56. The van der Waals surface area contributed by atoms with E-state index in [1.807, 2.05) is 12.1 Å². The Balaban J connectivity index is 1.44. The van der Waals surface area contributed by atoms with Crippen molar-refractivity contribution in [2.45, 2.75) is 44.4 Å². The number of piperidine rings is 1. The zero-order valence-electron chi connectivity index (χ0n) is 17.4. The number of hydrogen-bond acceptors (Lipinski definition) is 7. The van der Waals surface area contributed by atoms with Crippen molar-refractivity contribution in [2.75, 3.05) is 18.0 Å². The van der Waals surface area contributed by atoms with E-state index in [9.17, 15) is 14.4 Å². The summed E-state index contributed by atoms with van der Waals surface area (Å²) in [4.78, 5) is 49.5. The molecule has 4 heterocycles. The first-order valence-corrected chi connectivity index (χ1v) is 11.1. The Morgan fingerprint density at radius 1 is 1.19 bits per heavy atom. The number of anilines is 1. The van der Waals surface area contributed by atoms with Gasteiger partial charge in [0.25, 0.3) is 5.91 Å². The zero-order valence-corrected chi connectivity index (χ0v) is 18.1. The van der Waals surface area contributed by atoms with Crippen molar-refractivity contribution in [3.63, 3.8) is 0 Å². The number of aromatic nitrogens is 2. The number of hydrogen-bond donors (Lipinski definition) is 2. The van der Waals surface area contributed by atoms with Crippen LogP contribution in [0, 0.1) is 0 Å². The molecule has 0 spiro atoms. The van der Waals surface area contributed by atoms with Crippen LogP contribution >= 0.6 is 11.6 Å². The standard InChI is InChI=1S/C22H23ClN6O3/c23-18-9-25-10-19(26-18)28(14-6-7-24-8-14)11-13-2-1-3-15-16(13)12-29(22(15)32)17-4-5-20(30)27-21(17)31/h1-3,9-10,14,17,24H,4-8,11-12H2,(H,27,30,31). The number of carbonyl (C=O) groups is 3. The topological polar surface area (TPSA) is 108 Å². The summed E-state index contributed by atoms with van der Waals surface area (Å²) >= 11 is 6.11. The maximum Gasteiger partial charge on any atom is 0.255 e. The number of amides is 3. The summed E-state index contributed by atoms with van der Waals surface area (Å²) in [6, 6.07) is 5.27. The van der Waals surface area contributed by atoms with Crippen molar-refractivity contribution in [1.29, 1.82) is 0 Å². The molecule has 166 valence electrons. The lowest BCUT2D eigenvalue weighted by Crippen LogP contribution is -2.52. The number of carbonyl (C=O) groups excluding carboxylic acids is 3. The molecule has 0 bridgehead atoms. The number of nitrogens with zero attached hydrogens (tertiary/aromatic N) is 4. The van der Waals surface area contributed by atoms with E-state index in [0.717, 1.165) is 30.6 Å². The number of nitrogens with one attached hydrogen (secondary N) is 2. The predicted molar refractivity (Wildman–Crippen MR) is 117 cm³/mol. The molecule has 2 saturated heterocycles. The van der Waals surface area contributed by atoms with Crippen molar-refractivity contribution < 1.29 is 14.4 Å². The Morgan fingerprint density at radius 2 is 2.06 bits per heavy atom. The minimum atomic E-state index is -0.630. The first-order chi connectivity index (χ1) is 15.5. The second-order valence-electron chi connectivity index (χ2n) is 8.32. The second-order valence-corrected chi connectivity index (χ2v) is 8.70. The molecular weight excluding hydrogens is 432 g/mol. The summed E-state index contributed by atoms with van der Waals surface area (Å²) in [5.41, 5.74) is 2.52. The lowest BCUT2D eigenvalue weighted by atomic mass is 10.0. The van der Waals surface area contributed by atoms with E-state index in [2.05, 4.69) is 25.5 Å². The molecule has 2 unspecified atom stereocenters. The van der Waals surface area contributed by atoms with Crippen molar-refractivity contribution >= 4 is 35.1 Å². The van der Waals surface area contributed by atoms with Crippen molar-refractivity contribution in [2.24, 2.45) is 0 Å². The molecule has 5 rings (SSSR count). The summed E-state index contributed by atoms with van der Waals surface area (Å²) in [5.74, 6) is -0.181. The molecule has 32 heavy (non-hydrogen) atoms. The Kier molecular flexibility index (Phi) is 5.52. The lowest BCUT2D eigenvalue weighted by Gasteiger charge is -2.31. The zero-order chi connectivity index (χ0) is 22.2. The second kappa shape index (κ2) is 8.48. The van der Waals surface area contributed by atoms with Gasteiger partial charge < -0.3 is 15.1 Å². The van der Waals surface area contributed by atoms with Gasteiger partial charge in [-0.15, -0.1) is 0 Å². The lowest BCUT2D eigenvalue weighted by molar-refractivity contribution is -0.136. The fourth-order valence-electron chi connectivity index (χ4n) is 4.76. The van der Waals surface area contributed by atoms with Crippen LogP contribution < -0.4 is 15.5 Å².